The smallest absolute Gasteiger partial charge is 0.410 e. The van der Waals surface area contributed by atoms with E-state index in [0.717, 1.165) is 5.56 Å². The van der Waals surface area contributed by atoms with Crippen LogP contribution in [0.15, 0.2) is 24.3 Å². The molecule has 1 N–H and O–H groups in total. The molecular formula is C19H27NO4. The first-order valence-electron chi connectivity index (χ1n) is 8.39. The van der Waals surface area contributed by atoms with Gasteiger partial charge in [0.1, 0.15) is 5.60 Å². The Labute approximate surface area is 143 Å². The maximum atomic E-state index is 12.3. The zero-order valence-electron chi connectivity index (χ0n) is 15.1. The molecule has 2 rings (SSSR count). The van der Waals surface area contributed by atoms with Gasteiger partial charge in [0, 0.05) is 19.0 Å². The minimum Gasteiger partial charge on any atom is -0.481 e. The molecule has 1 amide bonds. The van der Waals surface area contributed by atoms with E-state index in [4.69, 9.17) is 4.74 Å². The van der Waals surface area contributed by atoms with Gasteiger partial charge in [-0.2, -0.15) is 0 Å². The molecule has 1 aromatic rings. The van der Waals surface area contributed by atoms with Gasteiger partial charge in [-0.1, -0.05) is 38.1 Å². The number of carboxylic acids is 1. The topological polar surface area (TPSA) is 66.8 Å². The van der Waals surface area contributed by atoms with Gasteiger partial charge in [-0.25, -0.2) is 4.79 Å². The number of aliphatic carboxylic acids is 1. The standard InChI is InChI=1S/C19H27NO4/c1-12(2)13-6-8-14(9-7-13)15-10-20(11-16(15)17(21)22)18(23)24-19(3,4)5/h6-9,12,15-16H,10-11H2,1-5H3,(H,21,22). The number of carboxylic acid groups (broad SMARTS) is 1. The molecule has 0 aromatic heterocycles. The van der Waals surface area contributed by atoms with Crippen LogP contribution < -0.4 is 0 Å². The Kier molecular flexibility index (Phi) is 5.21. The summed E-state index contributed by atoms with van der Waals surface area (Å²) in [6.07, 6.45) is -0.449. The first kappa shape index (κ1) is 18.3. The van der Waals surface area contributed by atoms with Gasteiger partial charge in [0.05, 0.1) is 5.92 Å². The number of rotatable bonds is 3. The molecule has 1 saturated heterocycles. The van der Waals surface area contributed by atoms with Crippen molar-refractivity contribution in [1.29, 1.82) is 0 Å². The van der Waals surface area contributed by atoms with Gasteiger partial charge in [0.2, 0.25) is 0 Å². The van der Waals surface area contributed by atoms with Gasteiger partial charge >= 0.3 is 12.1 Å². The molecule has 2 atom stereocenters. The van der Waals surface area contributed by atoms with E-state index >= 15 is 0 Å². The van der Waals surface area contributed by atoms with Crippen LogP contribution in [0.5, 0.6) is 0 Å². The summed E-state index contributed by atoms with van der Waals surface area (Å²) < 4.78 is 5.38. The van der Waals surface area contributed by atoms with E-state index in [-0.39, 0.29) is 12.5 Å². The fourth-order valence-corrected chi connectivity index (χ4v) is 3.00. The summed E-state index contributed by atoms with van der Waals surface area (Å²) in [6, 6.07) is 8.03. The Hall–Kier alpha value is -2.04. The van der Waals surface area contributed by atoms with E-state index in [1.165, 1.54) is 10.5 Å². The molecule has 1 aliphatic heterocycles. The van der Waals surface area contributed by atoms with Crippen LogP contribution >= 0.6 is 0 Å². The lowest BCUT2D eigenvalue weighted by Gasteiger charge is -2.24. The number of hydrogen-bond acceptors (Lipinski definition) is 3. The third kappa shape index (κ3) is 4.28. The first-order valence-corrected chi connectivity index (χ1v) is 8.39. The Morgan fingerprint density at radius 2 is 1.75 bits per heavy atom. The van der Waals surface area contributed by atoms with Gasteiger partial charge in [0.15, 0.2) is 0 Å². The van der Waals surface area contributed by atoms with Crippen LogP contribution in [-0.2, 0) is 9.53 Å². The number of benzene rings is 1. The van der Waals surface area contributed by atoms with E-state index in [0.29, 0.717) is 12.5 Å². The highest BCUT2D eigenvalue weighted by Gasteiger charge is 2.41. The molecule has 0 bridgehead atoms. The van der Waals surface area contributed by atoms with Crippen LogP contribution in [0.25, 0.3) is 0 Å². The zero-order chi connectivity index (χ0) is 18.1. The van der Waals surface area contributed by atoms with E-state index in [2.05, 4.69) is 13.8 Å². The molecule has 0 spiro atoms. The van der Waals surface area contributed by atoms with Crippen LogP contribution in [0, 0.1) is 5.92 Å². The van der Waals surface area contributed by atoms with Crippen LogP contribution in [0.3, 0.4) is 0 Å². The third-order valence-corrected chi connectivity index (χ3v) is 4.32. The van der Waals surface area contributed by atoms with Crippen molar-refractivity contribution in [3.05, 3.63) is 35.4 Å². The molecule has 5 nitrogen and oxygen atoms in total. The summed E-state index contributed by atoms with van der Waals surface area (Å²) in [5, 5.41) is 9.54. The third-order valence-electron chi connectivity index (χ3n) is 4.32. The fourth-order valence-electron chi connectivity index (χ4n) is 3.00. The first-order chi connectivity index (χ1) is 11.1. The quantitative estimate of drug-likeness (QED) is 0.912. The van der Waals surface area contributed by atoms with Crippen LogP contribution in [0.4, 0.5) is 4.79 Å². The summed E-state index contributed by atoms with van der Waals surface area (Å²) in [4.78, 5) is 25.4. The number of amides is 1. The molecule has 132 valence electrons. The molecule has 2 unspecified atom stereocenters. The zero-order valence-corrected chi connectivity index (χ0v) is 15.1. The number of carbonyl (C=O) groups is 2. The van der Waals surface area contributed by atoms with Gasteiger partial charge in [-0.15, -0.1) is 0 Å². The number of hydrogen-bond donors (Lipinski definition) is 1. The lowest BCUT2D eigenvalue weighted by Crippen LogP contribution is -2.35. The Balaban J connectivity index is 2.19. The maximum absolute atomic E-state index is 12.3. The highest BCUT2D eigenvalue weighted by molar-refractivity contribution is 5.76. The summed E-state index contributed by atoms with van der Waals surface area (Å²) in [5.74, 6) is -1.27. The Morgan fingerprint density at radius 1 is 1.17 bits per heavy atom. The predicted molar refractivity (Wildman–Crippen MR) is 92.2 cm³/mol. The van der Waals surface area contributed by atoms with Gasteiger partial charge in [-0.05, 0) is 37.8 Å². The van der Waals surface area contributed by atoms with Crippen LogP contribution in [-0.4, -0.2) is 40.8 Å². The molecule has 0 radical (unpaired) electrons. The van der Waals surface area contributed by atoms with E-state index < -0.39 is 23.6 Å². The summed E-state index contributed by atoms with van der Waals surface area (Å²) >= 11 is 0. The Bertz CT molecular complexity index is 601. The second kappa shape index (κ2) is 6.83. The normalized spacial score (nSPS) is 21.2. The van der Waals surface area contributed by atoms with Gasteiger partial charge < -0.3 is 14.7 Å². The van der Waals surface area contributed by atoms with Crippen LogP contribution in [0.2, 0.25) is 0 Å². The minimum absolute atomic E-state index is 0.181. The second-order valence-electron chi connectivity index (χ2n) is 7.76. The van der Waals surface area contributed by atoms with Crippen molar-refractivity contribution in [1.82, 2.24) is 4.90 Å². The second-order valence-corrected chi connectivity index (χ2v) is 7.76. The lowest BCUT2D eigenvalue weighted by molar-refractivity contribution is -0.141. The largest absolute Gasteiger partial charge is 0.481 e. The van der Waals surface area contributed by atoms with Crippen molar-refractivity contribution < 1.29 is 19.4 Å². The lowest BCUT2D eigenvalue weighted by atomic mass is 9.88. The van der Waals surface area contributed by atoms with Crippen molar-refractivity contribution in [3.63, 3.8) is 0 Å². The van der Waals surface area contributed by atoms with E-state index in [1.807, 2.05) is 24.3 Å². The number of likely N-dealkylation sites (tertiary alicyclic amines) is 1. The highest BCUT2D eigenvalue weighted by Crippen LogP contribution is 2.34. The van der Waals surface area contributed by atoms with Gasteiger partial charge in [-0.3, -0.25) is 4.79 Å². The van der Waals surface area contributed by atoms with E-state index in [1.54, 1.807) is 20.8 Å². The molecule has 0 aliphatic carbocycles. The van der Waals surface area contributed by atoms with Crippen molar-refractivity contribution in [2.75, 3.05) is 13.1 Å². The summed E-state index contributed by atoms with van der Waals surface area (Å²) in [6.45, 7) is 10.2. The summed E-state index contributed by atoms with van der Waals surface area (Å²) in [7, 11) is 0. The molecule has 5 heteroatoms. The molecule has 0 saturated carbocycles. The Morgan fingerprint density at radius 3 is 2.21 bits per heavy atom. The van der Waals surface area contributed by atoms with Crippen molar-refractivity contribution in [3.8, 4) is 0 Å². The van der Waals surface area contributed by atoms with Gasteiger partial charge in [0.25, 0.3) is 0 Å². The molecular weight excluding hydrogens is 306 g/mol. The summed E-state index contributed by atoms with van der Waals surface area (Å²) in [5.41, 5.74) is 1.58. The molecule has 1 aromatic carbocycles. The van der Waals surface area contributed by atoms with Crippen LogP contribution in [0.1, 0.15) is 57.6 Å². The highest BCUT2D eigenvalue weighted by atomic mass is 16.6. The van der Waals surface area contributed by atoms with Crippen molar-refractivity contribution in [2.45, 2.75) is 52.1 Å². The number of carbonyl (C=O) groups excluding carboxylic acids is 1. The minimum atomic E-state index is -0.876. The number of nitrogens with zero attached hydrogens (tertiary/aromatic N) is 1. The van der Waals surface area contributed by atoms with E-state index in [9.17, 15) is 14.7 Å². The maximum Gasteiger partial charge on any atom is 0.410 e. The number of ether oxygens (including phenoxy) is 1. The molecule has 1 heterocycles. The molecule has 1 fully saturated rings. The molecule has 1 aliphatic rings. The average Bonchev–Trinajstić information content (AvgIpc) is 2.91. The van der Waals surface area contributed by atoms with Crippen molar-refractivity contribution in [2.24, 2.45) is 5.92 Å². The fraction of sp³-hybridized carbons (Fsp3) is 0.579. The average molecular weight is 333 g/mol. The van der Waals surface area contributed by atoms with Crippen molar-refractivity contribution >= 4 is 12.1 Å². The predicted octanol–water partition coefficient (Wildman–Crippen LogP) is 3.85. The SMILES string of the molecule is CC(C)c1ccc(C2CN(C(=O)OC(C)(C)C)CC2C(=O)O)cc1. The molecule has 24 heavy (non-hydrogen) atoms. The monoisotopic (exact) mass is 333 g/mol.